The normalized spacial score (nSPS) is 12.0. The Hall–Kier alpha value is -2.64. The van der Waals surface area contributed by atoms with E-state index in [4.69, 9.17) is 10.5 Å². The number of nitrogens with two attached hydrogens (primary N) is 1. The lowest BCUT2D eigenvalue weighted by Crippen LogP contribution is -2.21. The molecule has 0 radical (unpaired) electrons. The van der Waals surface area contributed by atoms with E-state index in [0.29, 0.717) is 28.6 Å². The summed E-state index contributed by atoms with van der Waals surface area (Å²) in [6.45, 7) is 5.70. The largest absolute Gasteiger partial charge is 0.446 e. The van der Waals surface area contributed by atoms with Gasteiger partial charge in [-0.1, -0.05) is 18.6 Å². The number of nitrogens with zero attached hydrogens (tertiary/aromatic N) is 4. The molecule has 0 aromatic carbocycles. The topological polar surface area (TPSA) is 108 Å². The maximum Gasteiger partial charge on any atom is 0.413 e. The van der Waals surface area contributed by atoms with Gasteiger partial charge in [-0.05, 0) is 32.4 Å². The number of hydrogen-bond acceptors (Lipinski definition) is 6. The van der Waals surface area contributed by atoms with Crippen molar-refractivity contribution in [2.75, 3.05) is 11.1 Å². The molecule has 1 amide bonds. The number of nitrogen functional groups attached to an aromatic ring is 1. The highest BCUT2D eigenvalue weighted by atomic mass is 16.6. The van der Waals surface area contributed by atoms with Crippen LogP contribution in [-0.4, -0.2) is 32.2 Å². The maximum absolute atomic E-state index is 12.0. The van der Waals surface area contributed by atoms with Crippen molar-refractivity contribution < 1.29 is 9.53 Å². The fourth-order valence-electron chi connectivity index (χ4n) is 2.15. The molecule has 23 heavy (non-hydrogen) atoms. The van der Waals surface area contributed by atoms with Crippen molar-refractivity contribution >= 4 is 17.6 Å². The van der Waals surface area contributed by atoms with Crippen molar-refractivity contribution in [1.82, 2.24) is 20.0 Å². The molecule has 0 aliphatic rings. The minimum Gasteiger partial charge on any atom is -0.446 e. The number of ether oxygens (including phenoxy) is 1. The maximum atomic E-state index is 12.0. The Balaban J connectivity index is 2.21. The van der Waals surface area contributed by atoms with Crippen LogP contribution >= 0.6 is 0 Å². The van der Waals surface area contributed by atoms with E-state index in [0.717, 1.165) is 12.8 Å². The molecule has 8 nitrogen and oxygen atoms in total. The molecule has 0 saturated carbocycles. The number of anilines is 2. The van der Waals surface area contributed by atoms with Crippen molar-refractivity contribution in [3.8, 4) is 11.4 Å². The Kier molecular flexibility index (Phi) is 5.15. The molecule has 2 aromatic rings. The van der Waals surface area contributed by atoms with Crippen LogP contribution in [0.5, 0.6) is 0 Å². The SMILES string of the molecule is CCC[C@@H](C)OC(=O)Nc1c(-c2ccc(N)c(C)n2)nnn1C. The lowest BCUT2D eigenvalue weighted by molar-refractivity contribution is 0.115. The predicted octanol–water partition coefficient (Wildman–Crippen LogP) is 2.50. The number of rotatable bonds is 5. The first-order chi connectivity index (χ1) is 10.9. The summed E-state index contributed by atoms with van der Waals surface area (Å²) in [5.41, 5.74) is 8.12. The molecule has 2 aromatic heterocycles. The lowest BCUT2D eigenvalue weighted by atomic mass is 10.2. The van der Waals surface area contributed by atoms with Crippen LogP contribution in [0.2, 0.25) is 0 Å². The minimum absolute atomic E-state index is 0.151. The van der Waals surface area contributed by atoms with Crippen LogP contribution in [0.25, 0.3) is 11.4 Å². The Morgan fingerprint density at radius 2 is 2.22 bits per heavy atom. The zero-order chi connectivity index (χ0) is 17.0. The van der Waals surface area contributed by atoms with E-state index in [1.165, 1.54) is 4.68 Å². The van der Waals surface area contributed by atoms with Gasteiger partial charge < -0.3 is 10.5 Å². The Morgan fingerprint density at radius 1 is 1.48 bits per heavy atom. The molecule has 0 saturated heterocycles. The van der Waals surface area contributed by atoms with Crippen LogP contribution < -0.4 is 11.1 Å². The Morgan fingerprint density at radius 3 is 2.87 bits per heavy atom. The number of amides is 1. The monoisotopic (exact) mass is 318 g/mol. The van der Waals surface area contributed by atoms with Gasteiger partial charge in [0.2, 0.25) is 0 Å². The third-order valence-electron chi connectivity index (χ3n) is 3.42. The summed E-state index contributed by atoms with van der Waals surface area (Å²) in [6.07, 6.45) is 1.07. The van der Waals surface area contributed by atoms with E-state index < -0.39 is 6.09 Å². The van der Waals surface area contributed by atoms with Gasteiger partial charge in [-0.25, -0.2) is 14.5 Å². The smallest absolute Gasteiger partial charge is 0.413 e. The quantitative estimate of drug-likeness (QED) is 0.877. The molecule has 0 spiro atoms. The van der Waals surface area contributed by atoms with Crippen molar-refractivity contribution in [3.63, 3.8) is 0 Å². The van der Waals surface area contributed by atoms with Crippen LogP contribution in [0, 0.1) is 6.92 Å². The lowest BCUT2D eigenvalue weighted by Gasteiger charge is -2.13. The molecule has 0 unspecified atom stereocenters. The molecule has 8 heteroatoms. The molecule has 1 atom stereocenters. The summed E-state index contributed by atoms with van der Waals surface area (Å²) in [5, 5.41) is 10.7. The van der Waals surface area contributed by atoms with Gasteiger partial charge in [-0.3, -0.25) is 5.32 Å². The summed E-state index contributed by atoms with van der Waals surface area (Å²) in [6, 6.07) is 3.49. The number of aromatic nitrogens is 4. The summed E-state index contributed by atoms with van der Waals surface area (Å²) in [7, 11) is 1.69. The second kappa shape index (κ2) is 7.08. The zero-order valence-electron chi connectivity index (χ0n) is 13.8. The van der Waals surface area contributed by atoms with Crippen LogP contribution in [0.15, 0.2) is 12.1 Å². The molecular formula is C15H22N6O2. The average molecular weight is 318 g/mol. The summed E-state index contributed by atoms with van der Waals surface area (Å²) < 4.78 is 6.76. The number of aryl methyl sites for hydroxylation is 2. The summed E-state index contributed by atoms with van der Waals surface area (Å²) >= 11 is 0. The van der Waals surface area contributed by atoms with Gasteiger partial charge in [0.05, 0.1) is 17.1 Å². The number of hydrogen-bond donors (Lipinski definition) is 2. The first-order valence-electron chi connectivity index (χ1n) is 7.53. The molecule has 3 N–H and O–H groups in total. The van der Waals surface area contributed by atoms with Gasteiger partial charge in [-0.15, -0.1) is 5.10 Å². The van der Waals surface area contributed by atoms with Gasteiger partial charge in [0, 0.05) is 7.05 Å². The Labute approximate surface area is 135 Å². The highest BCUT2D eigenvalue weighted by Crippen LogP contribution is 2.25. The molecule has 124 valence electrons. The van der Waals surface area contributed by atoms with Crippen molar-refractivity contribution in [2.24, 2.45) is 7.05 Å². The summed E-state index contributed by atoms with van der Waals surface area (Å²) in [5.74, 6) is 0.426. The molecule has 0 fully saturated rings. The molecule has 0 aliphatic heterocycles. The van der Waals surface area contributed by atoms with E-state index >= 15 is 0 Å². The van der Waals surface area contributed by atoms with Gasteiger partial charge in [0.25, 0.3) is 0 Å². The van der Waals surface area contributed by atoms with Crippen LogP contribution in [0.3, 0.4) is 0 Å². The van der Waals surface area contributed by atoms with Crippen LogP contribution in [0.1, 0.15) is 32.4 Å². The average Bonchev–Trinajstić information content (AvgIpc) is 2.83. The van der Waals surface area contributed by atoms with E-state index in [2.05, 4.69) is 20.6 Å². The molecular weight excluding hydrogens is 296 g/mol. The fourth-order valence-corrected chi connectivity index (χ4v) is 2.15. The predicted molar refractivity (Wildman–Crippen MR) is 87.9 cm³/mol. The number of pyridine rings is 1. The molecule has 0 aliphatic carbocycles. The van der Waals surface area contributed by atoms with Crippen molar-refractivity contribution in [1.29, 1.82) is 0 Å². The van der Waals surface area contributed by atoms with E-state index in [1.54, 1.807) is 19.2 Å². The number of carbonyl (C=O) groups is 1. The van der Waals surface area contributed by atoms with E-state index in [-0.39, 0.29) is 6.10 Å². The first kappa shape index (κ1) is 16.7. The second-order valence-corrected chi connectivity index (χ2v) is 5.41. The van der Waals surface area contributed by atoms with Gasteiger partial charge in [0.15, 0.2) is 11.5 Å². The van der Waals surface area contributed by atoms with E-state index in [9.17, 15) is 4.79 Å². The zero-order valence-corrected chi connectivity index (χ0v) is 13.8. The second-order valence-electron chi connectivity index (χ2n) is 5.41. The Bertz CT molecular complexity index is 697. The fraction of sp³-hybridized carbons (Fsp3) is 0.467. The molecule has 0 bridgehead atoms. The summed E-state index contributed by atoms with van der Waals surface area (Å²) in [4.78, 5) is 16.4. The third-order valence-corrected chi connectivity index (χ3v) is 3.42. The van der Waals surface area contributed by atoms with Crippen LogP contribution in [0.4, 0.5) is 16.3 Å². The van der Waals surface area contributed by atoms with Gasteiger partial charge in [-0.2, -0.15) is 0 Å². The number of nitrogens with one attached hydrogen (secondary N) is 1. The standard InChI is InChI=1S/C15H22N6O2/c1-5-6-9(2)23-15(22)18-14-13(19-20-21(14)4)12-8-7-11(16)10(3)17-12/h7-9H,5-6,16H2,1-4H3,(H,18,22)/t9-/m1/s1. The molecule has 2 heterocycles. The minimum atomic E-state index is -0.537. The van der Waals surface area contributed by atoms with Gasteiger partial charge in [0.1, 0.15) is 6.10 Å². The van der Waals surface area contributed by atoms with Crippen LogP contribution in [-0.2, 0) is 11.8 Å². The van der Waals surface area contributed by atoms with Crippen molar-refractivity contribution in [2.45, 2.75) is 39.7 Å². The number of carbonyl (C=O) groups excluding carboxylic acids is 1. The van der Waals surface area contributed by atoms with Crippen molar-refractivity contribution in [3.05, 3.63) is 17.8 Å². The highest BCUT2D eigenvalue weighted by Gasteiger charge is 2.18. The highest BCUT2D eigenvalue weighted by molar-refractivity contribution is 5.88. The third kappa shape index (κ3) is 3.97. The van der Waals surface area contributed by atoms with Gasteiger partial charge >= 0.3 is 6.09 Å². The molecule has 2 rings (SSSR count). The first-order valence-corrected chi connectivity index (χ1v) is 7.53. The van der Waals surface area contributed by atoms with E-state index in [1.807, 2.05) is 20.8 Å².